The highest BCUT2D eigenvalue weighted by Gasteiger charge is 2.24. The van der Waals surface area contributed by atoms with Gasteiger partial charge in [0.05, 0.1) is 10.1 Å². The van der Waals surface area contributed by atoms with E-state index in [9.17, 15) is 4.79 Å². The smallest absolute Gasteiger partial charge is 0.277 e. The van der Waals surface area contributed by atoms with Crippen LogP contribution < -0.4 is 5.32 Å². The molecule has 9 heteroatoms. The van der Waals surface area contributed by atoms with Gasteiger partial charge in [0, 0.05) is 6.07 Å². The first-order valence-electron chi connectivity index (χ1n) is 7.94. The molecule has 1 unspecified atom stereocenters. The van der Waals surface area contributed by atoms with Crippen molar-refractivity contribution >= 4 is 34.8 Å². The standard InChI is InChI=1S/C16H18N4O3S2/c1-3-4-6-11(14(21)17-13-9-10(2)23-20-13)25-16-19-18-15(22-16)12-7-5-8-24-12/h5,7-9,11H,3-4,6H2,1-2H3,(H,17,20,21). The van der Waals surface area contributed by atoms with E-state index in [0.29, 0.717) is 29.1 Å². The van der Waals surface area contributed by atoms with Gasteiger partial charge in [-0.2, -0.15) is 0 Å². The molecule has 1 atom stereocenters. The first-order chi connectivity index (χ1) is 12.2. The van der Waals surface area contributed by atoms with Crippen LogP contribution in [-0.4, -0.2) is 26.5 Å². The maximum absolute atomic E-state index is 12.6. The van der Waals surface area contributed by atoms with Crippen molar-refractivity contribution < 1.29 is 13.7 Å². The fraction of sp³-hybridized carbons (Fsp3) is 0.375. The number of carbonyl (C=O) groups is 1. The van der Waals surface area contributed by atoms with E-state index >= 15 is 0 Å². The largest absolute Gasteiger partial charge is 0.410 e. The van der Waals surface area contributed by atoms with Gasteiger partial charge in [0.2, 0.25) is 5.91 Å². The third kappa shape index (κ3) is 4.70. The molecule has 0 aliphatic rings. The second kappa shape index (κ2) is 8.30. The Morgan fingerprint density at radius 3 is 3.00 bits per heavy atom. The van der Waals surface area contributed by atoms with E-state index in [-0.39, 0.29) is 11.2 Å². The molecule has 0 aromatic carbocycles. The first-order valence-corrected chi connectivity index (χ1v) is 9.70. The molecule has 3 rings (SSSR count). The lowest BCUT2D eigenvalue weighted by Crippen LogP contribution is -2.25. The molecule has 132 valence electrons. The van der Waals surface area contributed by atoms with Gasteiger partial charge in [-0.25, -0.2) is 0 Å². The van der Waals surface area contributed by atoms with E-state index in [1.165, 1.54) is 23.1 Å². The molecular formula is C16H18N4O3S2. The van der Waals surface area contributed by atoms with E-state index in [4.69, 9.17) is 8.94 Å². The lowest BCUT2D eigenvalue weighted by Gasteiger charge is -2.12. The Labute approximate surface area is 153 Å². The van der Waals surface area contributed by atoms with Crippen molar-refractivity contribution in [1.29, 1.82) is 0 Å². The average molecular weight is 378 g/mol. The van der Waals surface area contributed by atoms with Crippen LogP contribution in [-0.2, 0) is 4.79 Å². The highest BCUT2D eigenvalue weighted by atomic mass is 32.2. The summed E-state index contributed by atoms with van der Waals surface area (Å²) in [5.41, 5.74) is 0. The zero-order valence-corrected chi connectivity index (χ0v) is 15.5. The van der Waals surface area contributed by atoms with Gasteiger partial charge in [-0.1, -0.05) is 42.8 Å². The molecular weight excluding hydrogens is 360 g/mol. The molecule has 0 saturated carbocycles. The van der Waals surface area contributed by atoms with Crippen molar-refractivity contribution in [2.75, 3.05) is 5.32 Å². The van der Waals surface area contributed by atoms with Crippen LogP contribution in [0.2, 0.25) is 0 Å². The summed E-state index contributed by atoms with van der Waals surface area (Å²) in [4.78, 5) is 13.5. The number of nitrogens with one attached hydrogen (secondary N) is 1. The normalized spacial score (nSPS) is 12.2. The van der Waals surface area contributed by atoms with E-state index in [0.717, 1.165) is 17.7 Å². The van der Waals surface area contributed by atoms with Crippen LogP contribution in [0, 0.1) is 6.92 Å². The summed E-state index contributed by atoms with van der Waals surface area (Å²) in [6.07, 6.45) is 2.63. The number of aryl methyl sites for hydroxylation is 1. The van der Waals surface area contributed by atoms with Crippen LogP contribution in [0.25, 0.3) is 10.8 Å². The molecule has 0 spiro atoms. The second-order valence-electron chi connectivity index (χ2n) is 5.41. The number of anilines is 1. The monoisotopic (exact) mass is 378 g/mol. The quantitative estimate of drug-likeness (QED) is 0.581. The van der Waals surface area contributed by atoms with Crippen LogP contribution in [0.5, 0.6) is 0 Å². The molecule has 0 saturated heterocycles. The lowest BCUT2D eigenvalue weighted by molar-refractivity contribution is -0.115. The van der Waals surface area contributed by atoms with Crippen molar-refractivity contribution in [3.8, 4) is 10.8 Å². The Balaban J connectivity index is 1.68. The molecule has 1 amide bonds. The SMILES string of the molecule is CCCCC(Sc1nnc(-c2cccs2)o1)C(=O)Nc1cc(C)on1. The Morgan fingerprint density at radius 1 is 1.44 bits per heavy atom. The van der Waals surface area contributed by atoms with E-state index in [1.54, 1.807) is 13.0 Å². The van der Waals surface area contributed by atoms with Crippen molar-refractivity contribution in [2.24, 2.45) is 0 Å². The van der Waals surface area contributed by atoms with Crippen molar-refractivity contribution in [3.05, 3.63) is 29.3 Å². The first kappa shape index (κ1) is 17.7. The number of nitrogens with zero attached hydrogens (tertiary/aromatic N) is 3. The number of thiophene rings is 1. The number of aromatic nitrogens is 3. The van der Waals surface area contributed by atoms with Crippen molar-refractivity contribution in [2.45, 2.75) is 43.6 Å². The topological polar surface area (TPSA) is 94.0 Å². The summed E-state index contributed by atoms with van der Waals surface area (Å²) in [7, 11) is 0. The summed E-state index contributed by atoms with van der Waals surface area (Å²) >= 11 is 2.80. The molecule has 0 radical (unpaired) electrons. The highest BCUT2D eigenvalue weighted by molar-refractivity contribution is 8.00. The minimum atomic E-state index is -0.339. The van der Waals surface area contributed by atoms with Crippen LogP contribution in [0.3, 0.4) is 0 Å². The van der Waals surface area contributed by atoms with Gasteiger partial charge in [-0.05, 0) is 24.8 Å². The predicted octanol–water partition coefficient (Wildman–Crippen LogP) is 4.38. The Bertz CT molecular complexity index is 813. The minimum Gasteiger partial charge on any atom is -0.410 e. The van der Waals surface area contributed by atoms with Crippen LogP contribution in [0.15, 0.2) is 37.7 Å². The maximum Gasteiger partial charge on any atom is 0.277 e. The molecule has 3 heterocycles. The molecule has 3 aromatic rings. The summed E-state index contributed by atoms with van der Waals surface area (Å²) in [5.74, 6) is 1.38. The van der Waals surface area contributed by atoms with Gasteiger partial charge in [0.15, 0.2) is 5.82 Å². The Kier molecular flexibility index (Phi) is 5.87. The number of thioether (sulfide) groups is 1. The van der Waals surface area contributed by atoms with Crippen LogP contribution in [0.1, 0.15) is 31.9 Å². The third-order valence-corrected chi connectivity index (χ3v) is 5.33. The average Bonchev–Trinajstić information content (AvgIpc) is 3.33. The summed E-state index contributed by atoms with van der Waals surface area (Å²) in [6.45, 7) is 3.86. The Hall–Kier alpha value is -2.13. The molecule has 0 aliphatic carbocycles. The number of carbonyl (C=O) groups excluding carboxylic acids is 1. The molecule has 3 aromatic heterocycles. The van der Waals surface area contributed by atoms with Gasteiger partial charge in [0.25, 0.3) is 11.1 Å². The van der Waals surface area contributed by atoms with Crippen molar-refractivity contribution in [3.63, 3.8) is 0 Å². The predicted molar refractivity (Wildman–Crippen MR) is 96.7 cm³/mol. The third-order valence-electron chi connectivity index (χ3n) is 3.37. The van der Waals surface area contributed by atoms with Gasteiger partial charge in [-0.15, -0.1) is 21.5 Å². The summed E-state index contributed by atoms with van der Waals surface area (Å²) in [5, 5.41) is 16.7. The minimum absolute atomic E-state index is 0.150. The number of rotatable bonds is 8. The fourth-order valence-corrected chi connectivity index (χ4v) is 3.70. The molecule has 0 aliphatic heterocycles. The number of amides is 1. The van der Waals surface area contributed by atoms with Crippen molar-refractivity contribution in [1.82, 2.24) is 15.4 Å². The molecule has 7 nitrogen and oxygen atoms in total. The summed E-state index contributed by atoms with van der Waals surface area (Å²) < 4.78 is 10.7. The van der Waals surface area contributed by atoms with Gasteiger partial charge < -0.3 is 14.3 Å². The van der Waals surface area contributed by atoms with Gasteiger partial charge in [0.1, 0.15) is 5.76 Å². The maximum atomic E-state index is 12.6. The van der Waals surface area contributed by atoms with Gasteiger partial charge in [-0.3, -0.25) is 4.79 Å². The zero-order valence-electron chi connectivity index (χ0n) is 13.9. The zero-order chi connectivity index (χ0) is 17.6. The molecule has 0 bridgehead atoms. The Morgan fingerprint density at radius 2 is 2.32 bits per heavy atom. The van der Waals surface area contributed by atoms with Gasteiger partial charge >= 0.3 is 0 Å². The van der Waals surface area contributed by atoms with E-state index in [2.05, 4.69) is 27.6 Å². The lowest BCUT2D eigenvalue weighted by atomic mass is 10.2. The van der Waals surface area contributed by atoms with Crippen LogP contribution in [0.4, 0.5) is 5.82 Å². The number of unbranched alkanes of at least 4 members (excludes halogenated alkanes) is 1. The second-order valence-corrected chi connectivity index (χ2v) is 7.51. The molecule has 25 heavy (non-hydrogen) atoms. The van der Waals surface area contributed by atoms with E-state index < -0.39 is 0 Å². The van der Waals surface area contributed by atoms with Crippen LogP contribution >= 0.6 is 23.1 Å². The number of hydrogen-bond acceptors (Lipinski definition) is 8. The molecule has 0 fully saturated rings. The van der Waals surface area contributed by atoms with E-state index in [1.807, 2.05) is 17.5 Å². The highest BCUT2D eigenvalue weighted by Crippen LogP contribution is 2.30. The molecule has 1 N–H and O–H groups in total. The number of hydrogen-bond donors (Lipinski definition) is 1. The summed E-state index contributed by atoms with van der Waals surface area (Å²) in [6, 6.07) is 5.52. The fourth-order valence-electron chi connectivity index (χ4n) is 2.14.